The first-order valence-electron chi connectivity index (χ1n) is 6.89. The van der Waals surface area contributed by atoms with Gasteiger partial charge in [-0.25, -0.2) is 0 Å². The molecular formula is C15H18BrNO2. The Morgan fingerprint density at radius 3 is 2.89 bits per heavy atom. The highest BCUT2D eigenvalue weighted by Gasteiger charge is 2.38. The molecule has 0 spiro atoms. The number of carbonyl (C=O) groups excluding carboxylic acids is 1. The summed E-state index contributed by atoms with van der Waals surface area (Å²) in [6.45, 7) is 1.43. The SMILES string of the molecule is O=C(Cc1ccc(Br)cc1)N1CCO[C@@H]2CCC[C@H]21. The first kappa shape index (κ1) is 13.1. The molecule has 4 heteroatoms. The first-order chi connectivity index (χ1) is 9.24. The van der Waals surface area contributed by atoms with Gasteiger partial charge in [-0.1, -0.05) is 28.1 Å². The van der Waals surface area contributed by atoms with Crippen LogP contribution < -0.4 is 0 Å². The largest absolute Gasteiger partial charge is 0.374 e. The molecule has 3 nitrogen and oxygen atoms in total. The van der Waals surface area contributed by atoms with Crippen LogP contribution in [0, 0.1) is 0 Å². The molecule has 2 fully saturated rings. The lowest BCUT2D eigenvalue weighted by atomic mass is 10.1. The van der Waals surface area contributed by atoms with E-state index in [0.29, 0.717) is 19.1 Å². The van der Waals surface area contributed by atoms with Gasteiger partial charge in [0.25, 0.3) is 0 Å². The third-order valence-electron chi connectivity index (χ3n) is 4.07. The lowest BCUT2D eigenvalue weighted by Crippen LogP contribution is -2.51. The Hall–Kier alpha value is -0.870. The number of morpholine rings is 1. The number of hydrogen-bond acceptors (Lipinski definition) is 2. The van der Waals surface area contributed by atoms with E-state index in [9.17, 15) is 4.79 Å². The molecule has 0 radical (unpaired) electrons. The lowest BCUT2D eigenvalue weighted by Gasteiger charge is -2.37. The summed E-state index contributed by atoms with van der Waals surface area (Å²) in [4.78, 5) is 14.5. The average molecular weight is 324 g/mol. The Morgan fingerprint density at radius 1 is 1.32 bits per heavy atom. The van der Waals surface area contributed by atoms with Crippen LogP contribution in [0.15, 0.2) is 28.7 Å². The molecule has 1 saturated heterocycles. The number of fused-ring (bicyclic) bond motifs is 1. The van der Waals surface area contributed by atoms with Crippen molar-refractivity contribution in [2.24, 2.45) is 0 Å². The molecule has 1 aromatic rings. The molecule has 1 heterocycles. The van der Waals surface area contributed by atoms with Crippen molar-refractivity contribution >= 4 is 21.8 Å². The molecule has 0 bridgehead atoms. The summed E-state index contributed by atoms with van der Waals surface area (Å²) in [5.74, 6) is 0.238. The molecule has 0 aromatic heterocycles. The van der Waals surface area contributed by atoms with Gasteiger partial charge in [0.05, 0.1) is 25.2 Å². The van der Waals surface area contributed by atoms with Gasteiger partial charge < -0.3 is 9.64 Å². The number of benzene rings is 1. The first-order valence-corrected chi connectivity index (χ1v) is 7.69. The van der Waals surface area contributed by atoms with Crippen molar-refractivity contribution < 1.29 is 9.53 Å². The van der Waals surface area contributed by atoms with E-state index in [4.69, 9.17) is 4.74 Å². The van der Waals surface area contributed by atoms with Crippen LogP contribution >= 0.6 is 15.9 Å². The second-order valence-electron chi connectivity index (χ2n) is 5.30. The molecular weight excluding hydrogens is 306 g/mol. The monoisotopic (exact) mass is 323 g/mol. The van der Waals surface area contributed by atoms with Crippen molar-refractivity contribution in [1.82, 2.24) is 4.90 Å². The predicted octanol–water partition coefficient (Wildman–Crippen LogP) is 2.77. The molecule has 19 heavy (non-hydrogen) atoms. The minimum atomic E-state index is 0.238. The maximum atomic E-state index is 12.5. The standard InChI is InChI=1S/C15H18BrNO2/c16-12-6-4-11(5-7-12)10-15(18)17-8-9-19-14-3-1-2-13(14)17/h4-7,13-14H,1-3,8-10H2/t13-,14-/m1/s1. The number of carbonyl (C=O) groups is 1. The topological polar surface area (TPSA) is 29.5 Å². The van der Waals surface area contributed by atoms with Gasteiger partial charge in [0.2, 0.25) is 5.91 Å². The van der Waals surface area contributed by atoms with Crippen LogP contribution in [0.5, 0.6) is 0 Å². The molecule has 1 amide bonds. The van der Waals surface area contributed by atoms with E-state index in [0.717, 1.165) is 29.4 Å². The smallest absolute Gasteiger partial charge is 0.227 e. The summed E-state index contributed by atoms with van der Waals surface area (Å²) in [6, 6.07) is 8.31. The summed E-state index contributed by atoms with van der Waals surface area (Å²) >= 11 is 3.41. The Bertz CT molecular complexity index is 460. The third kappa shape index (κ3) is 2.84. The summed E-state index contributed by atoms with van der Waals surface area (Å²) in [5, 5.41) is 0. The summed E-state index contributed by atoms with van der Waals surface area (Å²) < 4.78 is 6.80. The number of amides is 1. The highest BCUT2D eigenvalue weighted by atomic mass is 79.9. The van der Waals surface area contributed by atoms with E-state index < -0.39 is 0 Å². The van der Waals surface area contributed by atoms with E-state index in [-0.39, 0.29) is 12.0 Å². The molecule has 102 valence electrons. The van der Waals surface area contributed by atoms with Gasteiger partial charge in [-0.15, -0.1) is 0 Å². The summed E-state index contributed by atoms with van der Waals surface area (Å²) in [5.41, 5.74) is 1.08. The van der Waals surface area contributed by atoms with E-state index in [1.165, 1.54) is 6.42 Å². The number of hydrogen-bond donors (Lipinski definition) is 0. The van der Waals surface area contributed by atoms with Crippen LogP contribution in [0.2, 0.25) is 0 Å². The van der Waals surface area contributed by atoms with E-state index in [2.05, 4.69) is 15.9 Å². The van der Waals surface area contributed by atoms with Gasteiger partial charge in [0, 0.05) is 11.0 Å². The Balaban J connectivity index is 1.67. The fourth-order valence-corrected chi connectivity index (χ4v) is 3.38. The van der Waals surface area contributed by atoms with Crippen molar-refractivity contribution in [2.45, 2.75) is 37.8 Å². The summed E-state index contributed by atoms with van der Waals surface area (Å²) in [7, 11) is 0. The molecule has 1 aliphatic heterocycles. The van der Waals surface area contributed by atoms with E-state index >= 15 is 0 Å². The molecule has 2 aliphatic rings. The van der Waals surface area contributed by atoms with Gasteiger partial charge in [-0.05, 0) is 37.0 Å². The molecule has 3 rings (SSSR count). The Labute approximate surface area is 122 Å². The van der Waals surface area contributed by atoms with Crippen molar-refractivity contribution in [3.63, 3.8) is 0 Å². The zero-order valence-electron chi connectivity index (χ0n) is 10.8. The Kier molecular flexibility index (Phi) is 3.89. The molecule has 2 atom stereocenters. The quantitative estimate of drug-likeness (QED) is 0.837. The highest BCUT2D eigenvalue weighted by molar-refractivity contribution is 9.10. The molecule has 1 aromatic carbocycles. The lowest BCUT2D eigenvalue weighted by molar-refractivity contribution is -0.143. The fourth-order valence-electron chi connectivity index (χ4n) is 3.11. The van der Waals surface area contributed by atoms with E-state index in [1.54, 1.807) is 0 Å². The maximum Gasteiger partial charge on any atom is 0.227 e. The number of ether oxygens (including phenoxy) is 1. The fraction of sp³-hybridized carbons (Fsp3) is 0.533. The second-order valence-corrected chi connectivity index (χ2v) is 6.21. The molecule has 0 unspecified atom stereocenters. The maximum absolute atomic E-state index is 12.5. The van der Waals surface area contributed by atoms with Gasteiger partial charge in [0.1, 0.15) is 0 Å². The molecule has 1 saturated carbocycles. The van der Waals surface area contributed by atoms with Crippen LogP contribution in [0.1, 0.15) is 24.8 Å². The number of halogens is 1. The molecule has 0 N–H and O–H groups in total. The van der Waals surface area contributed by atoms with Gasteiger partial charge in [-0.3, -0.25) is 4.79 Å². The van der Waals surface area contributed by atoms with Crippen LogP contribution in [-0.2, 0) is 16.0 Å². The van der Waals surface area contributed by atoms with Crippen LogP contribution in [0.4, 0.5) is 0 Å². The second kappa shape index (κ2) is 5.63. The van der Waals surface area contributed by atoms with Gasteiger partial charge >= 0.3 is 0 Å². The average Bonchev–Trinajstić information content (AvgIpc) is 2.89. The van der Waals surface area contributed by atoms with Crippen molar-refractivity contribution in [3.05, 3.63) is 34.3 Å². The van der Waals surface area contributed by atoms with Gasteiger partial charge in [0.15, 0.2) is 0 Å². The third-order valence-corrected chi connectivity index (χ3v) is 4.60. The normalized spacial score (nSPS) is 26.3. The van der Waals surface area contributed by atoms with E-state index in [1.807, 2.05) is 29.2 Å². The van der Waals surface area contributed by atoms with Crippen LogP contribution in [0.3, 0.4) is 0 Å². The minimum absolute atomic E-state index is 0.238. The minimum Gasteiger partial charge on any atom is -0.374 e. The zero-order chi connectivity index (χ0) is 13.2. The summed E-state index contributed by atoms with van der Waals surface area (Å²) in [6.07, 6.45) is 4.15. The number of nitrogens with zero attached hydrogens (tertiary/aromatic N) is 1. The highest BCUT2D eigenvalue weighted by Crippen LogP contribution is 2.30. The molecule has 1 aliphatic carbocycles. The predicted molar refractivity (Wildman–Crippen MR) is 76.9 cm³/mol. The zero-order valence-corrected chi connectivity index (χ0v) is 12.4. The number of rotatable bonds is 2. The van der Waals surface area contributed by atoms with Crippen LogP contribution in [0.25, 0.3) is 0 Å². The van der Waals surface area contributed by atoms with Gasteiger partial charge in [-0.2, -0.15) is 0 Å². The van der Waals surface area contributed by atoms with Crippen molar-refractivity contribution in [3.8, 4) is 0 Å². The Morgan fingerprint density at radius 2 is 2.11 bits per heavy atom. The van der Waals surface area contributed by atoms with Crippen LogP contribution in [-0.4, -0.2) is 36.1 Å². The van der Waals surface area contributed by atoms with Crippen molar-refractivity contribution in [1.29, 1.82) is 0 Å². The van der Waals surface area contributed by atoms with Crippen molar-refractivity contribution in [2.75, 3.05) is 13.2 Å².